The molecule has 2 aromatic carbocycles. The molecule has 1 atom stereocenters. The summed E-state index contributed by atoms with van der Waals surface area (Å²) >= 11 is 0. The molecule has 3 heteroatoms. The van der Waals surface area contributed by atoms with Crippen molar-refractivity contribution in [1.29, 1.82) is 0 Å². The van der Waals surface area contributed by atoms with Gasteiger partial charge in [-0.05, 0) is 42.0 Å². The average molecular weight is 281 g/mol. The normalized spacial score (nSPS) is 17.2. The quantitative estimate of drug-likeness (QED) is 0.905. The van der Waals surface area contributed by atoms with E-state index < -0.39 is 5.97 Å². The standard InChI is InChI=1S/C18H19NO2/c20-18(21)17-8-4-3-7-15(17)12-19-16-10-9-13-5-1-2-6-14(13)11-16/h1-8,16,19H,9-12H2,(H,20,21). The Hall–Kier alpha value is -2.13. The van der Waals surface area contributed by atoms with Gasteiger partial charge in [-0.1, -0.05) is 42.5 Å². The number of aryl methyl sites for hydroxylation is 1. The zero-order valence-corrected chi connectivity index (χ0v) is 11.9. The van der Waals surface area contributed by atoms with Crippen LogP contribution in [0.25, 0.3) is 0 Å². The van der Waals surface area contributed by atoms with E-state index in [2.05, 4.69) is 29.6 Å². The molecule has 0 fully saturated rings. The van der Waals surface area contributed by atoms with Crippen LogP contribution in [-0.4, -0.2) is 17.1 Å². The first-order valence-electron chi connectivity index (χ1n) is 7.35. The molecular formula is C18H19NO2. The van der Waals surface area contributed by atoms with Gasteiger partial charge in [-0.2, -0.15) is 0 Å². The molecule has 2 aromatic rings. The molecule has 108 valence electrons. The number of benzene rings is 2. The van der Waals surface area contributed by atoms with E-state index in [9.17, 15) is 9.90 Å². The maximum Gasteiger partial charge on any atom is 0.336 e. The fourth-order valence-electron chi connectivity index (χ4n) is 3.01. The van der Waals surface area contributed by atoms with E-state index in [-0.39, 0.29) is 0 Å². The predicted octanol–water partition coefficient (Wildman–Crippen LogP) is 3.03. The second kappa shape index (κ2) is 6.10. The van der Waals surface area contributed by atoms with Crippen molar-refractivity contribution in [2.75, 3.05) is 0 Å². The van der Waals surface area contributed by atoms with Crippen LogP contribution in [0.5, 0.6) is 0 Å². The van der Waals surface area contributed by atoms with Crippen molar-refractivity contribution in [2.24, 2.45) is 0 Å². The monoisotopic (exact) mass is 281 g/mol. The van der Waals surface area contributed by atoms with Gasteiger partial charge in [0.25, 0.3) is 0 Å². The summed E-state index contributed by atoms with van der Waals surface area (Å²) in [6.45, 7) is 0.606. The number of hydrogen-bond donors (Lipinski definition) is 2. The lowest BCUT2D eigenvalue weighted by Crippen LogP contribution is -2.34. The van der Waals surface area contributed by atoms with Crippen molar-refractivity contribution in [2.45, 2.75) is 31.8 Å². The predicted molar refractivity (Wildman–Crippen MR) is 82.5 cm³/mol. The van der Waals surface area contributed by atoms with Crippen molar-refractivity contribution >= 4 is 5.97 Å². The SMILES string of the molecule is O=C(O)c1ccccc1CNC1CCc2ccccc2C1. The lowest BCUT2D eigenvalue weighted by Gasteiger charge is -2.25. The number of nitrogens with one attached hydrogen (secondary N) is 1. The highest BCUT2D eigenvalue weighted by Crippen LogP contribution is 2.21. The molecule has 0 amide bonds. The third-order valence-corrected chi connectivity index (χ3v) is 4.18. The first-order chi connectivity index (χ1) is 10.2. The van der Waals surface area contributed by atoms with E-state index in [1.54, 1.807) is 12.1 Å². The Morgan fingerprint density at radius 3 is 2.62 bits per heavy atom. The van der Waals surface area contributed by atoms with Crippen LogP contribution in [0.3, 0.4) is 0 Å². The third kappa shape index (κ3) is 3.14. The molecule has 0 aliphatic heterocycles. The van der Waals surface area contributed by atoms with Crippen molar-refractivity contribution in [3.05, 3.63) is 70.8 Å². The maximum absolute atomic E-state index is 11.2. The summed E-state index contributed by atoms with van der Waals surface area (Å²) in [4.78, 5) is 11.2. The second-order valence-electron chi connectivity index (χ2n) is 5.55. The van der Waals surface area contributed by atoms with Crippen molar-refractivity contribution < 1.29 is 9.90 Å². The van der Waals surface area contributed by atoms with E-state index in [1.807, 2.05) is 12.1 Å². The van der Waals surface area contributed by atoms with Crippen molar-refractivity contribution in [3.8, 4) is 0 Å². The number of carboxylic acid groups (broad SMARTS) is 1. The number of rotatable bonds is 4. The Morgan fingerprint density at radius 2 is 1.81 bits per heavy atom. The first-order valence-corrected chi connectivity index (χ1v) is 7.35. The number of fused-ring (bicyclic) bond motifs is 1. The van der Waals surface area contributed by atoms with Gasteiger partial charge in [0.1, 0.15) is 0 Å². The molecule has 21 heavy (non-hydrogen) atoms. The van der Waals surface area contributed by atoms with Gasteiger partial charge >= 0.3 is 5.97 Å². The van der Waals surface area contributed by atoms with Crippen LogP contribution < -0.4 is 5.32 Å². The largest absolute Gasteiger partial charge is 0.478 e. The van der Waals surface area contributed by atoms with Gasteiger partial charge in [0.2, 0.25) is 0 Å². The molecular weight excluding hydrogens is 262 g/mol. The molecule has 0 radical (unpaired) electrons. The number of carboxylic acids is 1. The molecule has 0 saturated heterocycles. The number of carbonyl (C=O) groups is 1. The van der Waals surface area contributed by atoms with E-state index in [0.717, 1.165) is 24.8 Å². The molecule has 3 nitrogen and oxygen atoms in total. The summed E-state index contributed by atoms with van der Waals surface area (Å²) in [7, 11) is 0. The van der Waals surface area contributed by atoms with Crippen LogP contribution in [0.15, 0.2) is 48.5 Å². The van der Waals surface area contributed by atoms with Gasteiger partial charge in [0.15, 0.2) is 0 Å². The topological polar surface area (TPSA) is 49.3 Å². The molecule has 2 N–H and O–H groups in total. The van der Waals surface area contributed by atoms with E-state index in [1.165, 1.54) is 11.1 Å². The van der Waals surface area contributed by atoms with Gasteiger partial charge in [0.05, 0.1) is 5.56 Å². The molecule has 0 bridgehead atoms. The Morgan fingerprint density at radius 1 is 1.10 bits per heavy atom. The molecule has 1 unspecified atom stereocenters. The Labute approximate surface area is 124 Å². The zero-order chi connectivity index (χ0) is 14.7. The van der Waals surface area contributed by atoms with Crippen LogP contribution in [0.2, 0.25) is 0 Å². The lowest BCUT2D eigenvalue weighted by molar-refractivity contribution is 0.0695. The van der Waals surface area contributed by atoms with Crippen LogP contribution in [0.4, 0.5) is 0 Å². The first kappa shape index (κ1) is 13.8. The summed E-state index contributed by atoms with van der Waals surface area (Å²) in [6, 6.07) is 16.2. The summed E-state index contributed by atoms with van der Waals surface area (Å²) in [6.07, 6.45) is 3.21. The highest BCUT2D eigenvalue weighted by molar-refractivity contribution is 5.89. The molecule has 3 rings (SSSR count). The number of hydrogen-bond acceptors (Lipinski definition) is 2. The molecule has 0 saturated carbocycles. The van der Waals surface area contributed by atoms with Crippen molar-refractivity contribution in [3.63, 3.8) is 0 Å². The van der Waals surface area contributed by atoms with Crippen LogP contribution in [-0.2, 0) is 19.4 Å². The van der Waals surface area contributed by atoms with E-state index in [4.69, 9.17) is 0 Å². The minimum absolute atomic E-state index is 0.390. The average Bonchev–Trinajstić information content (AvgIpc) is 2.53. The summed E-state index contributed by atoms with van der Waals surface area (Å²) in [5.41, 5.74) is 4.10. The Bertz CT molecular complexity index is 651. The zero-order valence-electron chi connectivity index (χ0n) is 11.9. The second-order valence-corrected chi connectivity index (χ2v) is 5.55. The molecule has 0 heterocycles. The summed E-state index contributed by atoms with van der Waals surface area (Å²) < 4.78 is 0. The fraction of sp³-hybridized carbons (Fsp3) is 0.278. The minimum atomic E-state index is -0.860. The van der Waals surface area contributed by atoms with Gasteiger partial charge in [0, 0.05) is 12.6 Å². The van der Waals surface area contributed by atoms with Crippen LogP contribution in [0.1, 0.15) is 33.5 Å². The highest BCUT2D eigenvalue weighted by atomic mass is 16.4. The number of aromatic carboxylic acids is 1. The summed E-state index contributed by atoms with van der Waals surface area (Å²) in [5.74, 6) is -0.860. The lowest BCUT2D eigenvalue weighted by atomic mass is 9.88. The van der Waals surface area contributed by atoms with Crippen LogP contribution >= 0.6 is 0 Å². The van der Waals surface area contributed by atoms with Gasteiger partial charge in [-0.15, -0.1) is 0 Å². The van der Waals surface area contributed by atoms with Crippen molar-refractivity contribution in [1.82, 2.24) is 5.32 Å². The third-order valence-electron chi connectivity index (χ3n) is 4.18. The van der Waals surface area contributed by atoms with Gasteiger partial charge < -0.3 is 10.4 Å². The molecule has 0 spiro atoms. The molecule has 1 aliphatic rings. The van der Waals surface area contributed by atoms with Crippen LogP contribution in [0, 0.1) is 0 Å². The molecule has 0 aromatic heterocycles. The Balaban J connectivity index is 1.66. The highest BCUT2D eigenvalue weighted by Gasteiger charge is 2.18. The smallest absolute Gasteiger partial charge is 0.336 e. The van der Waals surface area contributed by atoms with E-state index >= 15 is 0 Å². The Kier molecular flexibility index (Phi) is 4.02. The fourth-order valence-corrected chi connectivity index (χ4v) is 3.01. The maximum atomic E-state index is 11.2. The van der Waals surface area contributed by atoms with Gasteiger partial charge in [-0.25, -0.2) is 4.79 Å². The summed E-state index contributed by atoms with van der Waals surface area (Å²) in [5, 5.41) is 12.7. The molecule has 1 aliphatic carbocycles. The van der Waals surface area contributed by atoms with E-state index in [0.29, 0.717) is 18.2 Å². The minimum Gasteiger partial charge on any atom is -0.478 e. The van der Waals surface area contributed by atoms with Gasteiger partial charge in [-0.3, -0.25) is 0 Å².